The number of methoxy groups -OCH3 is 1. The molecule has 1 atom stereocenters. The smallest absolute Gasteiger partial charge is 0.325 e. The van der Waals surface area contributed by atoms with Crippen molar-refractivity contribution in [3.8, 4) is 0 Å². The number of carbonyl (C=O) groups is 3. The number of likely N-dealkylation sites (tertiary alicyclic amines) is 1. The second kappa shape index (κ2) is 6.23. The molecule has 1 saturated heterocycles. The van der Waals surface area contributed by atoms with Gasteiger partial charge in [0.1, 0.15) is 6.54 Å². The van der Waals surface area contributed by atoms with E-state index in [1.807, 2.05) is 0 Å². The molecular weight excluding hydrogens is 240 g/mol. The highest BCUT2D eigenvalue weighted by Gasteiger charge is 2.29. The van der Waals surface area contributed by atoms with Crippen molar-refractivity contribution in [2.75, 3.05) is 33.8 Å². The van der Waals surface area contributed by atoms with Crippen molar-refractivity contribution in [1.82, 2.24) is 9.80 Å². The van der Waals surface area contributed by atoms with Crippen LogP contribution in [0.1, 0.15) is 12.8 Å². The number of carboxylic acids is 1. The van der Waals surface area contributed by atoms with Gasteiger partial charge >= 0.3 is 18.0 Å². The maximum atomic E-state index is 11.9. The Morgan fingerprint density at radius 1 is 1.44 bits per heavy atom. The van der Waals surface area contributed by atoms with E-state index in [2.05, 4.69) is 4.74 Å². The lowest BCUT2D eigenvalue weighted by molar-refractivity contribution is -0.141. The highest BCUT2D eigenvalue weighted by atomic mass is 16.5. The Balaban J connectivity index is 2.44. The van der Waals surface area contributed by atoms with E-state index in [0.29, 0.717) is 19.5 Å². The van der Waals surface area contributed by atoms with Gasteiger partial charge in [0.25, 0.3) is 0 Å². The van der Waals surface area contributed by atoms with Gasteiger partial charge in [-0.3, -0.25) is 9.59 Å². The number of amides is 2. The molecule has 0 saturated carbocycles. The number of aliphatic carboxylic acids is 1. The third kappa shape index (κ3) is 3.90. The number of hydrogen-bond donors (Lipinski definition) is 1. The van der Waals surface area contributed by atoms with Crippen molar-refractivity contribution < 1.29 is 24.2 Å². The van der Waals surface area contributed by atoms with E-state index in [1.165, 1.54) is 19.1 Å². The zero-order valence-corrected chi connectivity index (χ0v) is 10.6. The topological polar surface area (TPSA) is 87.2 Å². The van der Waals surface area contributed by atoms with Gasteiger partial charge in [0, 0.05) is 26.6 Å². The van der Waals surface area contributed by atoms with Gasteiger partial charge in [-0.1, -0.05) is 0 Å². The van der Waals surface area contributed by atoms with E-state index in [0.717, 1.165) is 0 Å². The van der Waals surface area contributed by atoms with Crippen LogP contribution in [-0.4, -0.2) is 66.7 Å². The molecule has 0 aromatic carbocycles. The lowest BCUT2D eigenvalue weighted by Crippen LogP contribution is -2.42. The Morgan fingerprint density at radius 3 is 2.67 bits per heavy atom. The van der Waals surface area contributed by atoms with Crippen LogP contribution in [-0.2, 0) is 14.3 Å². The first-order chi connectivity index (χ1) is 8.43. The van der Waals surface area contributed by atoms with E-state index < -0.39 is 11.9 Å². The summed E-state index contributed by atoms with van der Waals surface area (Å²) in [6.45, 7) is 0.856. The molecule has 7 heteroatoms. The Hall–Kier alpha value is -1.79. The number of likely N-dealkylation sites (N-methyl/N-ethyl adjacent to an activating group) is 1. The summed E-state index contributed by atoms with van der Waals surface area (Å²) >= 11 is 0. The minimum absolute atomic E-state index is 0.00187. The summed E-state index contributed by atoms with van der Waals surface area (Å²) in [5.41, 5.74) is 0. The van der Waals surface area contributed by atoms with Crippen molar-refractivity contribution in [2.45, 2.75) is 12.8 Å². The summed E-state index contributed by atoms with van der Waals surface area (Å²) in [7, 11) is 2.78. The van der Waals surface area contributed by atoms with Crippen LogP contribution in [0.15, 0.2) is 0 Å². The minimum Gasteiger partial charge on any atom is -0.481 e. The molecule has 18 heavy (non-hydrogen) atoms. The zero-order valence-electron chi connectivity index (χ0n) is 10.6. The zero-order chi connectivity index (χ0) is 13.7. The first kappa shape index (κ1) is 14.3. The Kier molecular flexibility index (Phi) is 4.94. The van der Waals surface area contributed by atoms with E-state index in [1.54, 1.807) is 4.90 Å². The van der Waals surface area contributed by atoms with Crippen LogP contribution >= 0.6 is 0 Å². The van der Waals surface area contributed by atoms with Crippen LogP contribution in [0.3, 0.4) is 0 Å². The third-order valence-electron chi connectivity index (χ3n) is 2.94. The Bertz CT molecular complexity index is 344. The van der Waals surface area contributed by atoms with Crippen molar-refractivity contribution in [3.05, 3.63) is 0 Å². The third-order valence-corrected chi connectivity index (χ3v) is 2.94. The number of urea groups is 1. The molecule has 1 N–H and O–H groups in total. The van der Waals surface area contributed by atoms with Gasteiger partial charge in [-0.05, 0) is 12.3 Å². The molecule has 1 heterocycles. The van der Waals surface area contributed by atoms with Gasteiger partial charge in [-0.2, -0.15) is 0 Å². The summed E-state index contributed by atoms with van der Waals surface area (Å²) in [5.74, 6) is -1.33. The molecule has 0 aromatic heterocycles. The maximum absolute atomic E-state index is 11.9. The van der Waals surface area contributed by atoms with E-state index in [4.69, 9.17) is 5.11 Å². The van der Waals surface area contributed by atoms with Crippen molar-refractivity contribution >= 4 is 18.0 Å². The van der Waals surface area contributed by atoms with Crippen LogP contribution in [0.4, 0.5) is 4.79 Å². The lowest BCUT2D eigenvalue weighted by Gasteiger charge is -2.23. The fraction of sp³-hybridized carbons (Fsp3) is 0.727. The second-order valence-electron chi connectivity index (χ2n) is 4.41. The predicted molar refractivity (Wildman–Crippen MR) is 62.0 cm³/mol. The van der Waals surface area contributed by atoms with Gasteiger partial charge in [0.2, 0.25) is 0 Å². The fourth-order valence-corrected chi connectivity index (χ4v) is 1.99. The summed E-state index contributed by atoms with van der Waals surface area (Å²) in [6.07, 6.45) is 0.759. The largest absolute Gasteiger partial charge is 0.481 e. The molecule has 1 rings (SSSR count). The first-order valence-corrected chi connectivity index (χ1v) is 5.72. The number of rotatable bonds is 4. The minimum atomic E-state index is -0.850. The van der Waals surface area contributed by atoms with Crippen molar-refractivity contribution in [2.24, 2.45) is 5.92 Å². The predicted octanol–water partition coefficient (Wildman–Crippen LogP) is 0.00780. The molecule has 1 aliphatic heterocycles. The average molecular weight is 258 g/mol. The number of esters is 1. The van der Waals surface area contributed by atoms with Crippen LogP contribution in [0.5, 0.6) is 0 Å². The molecule has 0 aromatic rings. The number of ether oxygens (including phenoxy) is 1. The van der Waals surface area contributed by atoms with Gasteiger partial charge in [-0.15, -0.1) is 0 Å². The SMILES string of the molecule is COC(=O)CN(C)C(=O)N1CCC(CC(=O)O)C1. The monoisotopic (exact) mass is 258 g/mol. The molecular formula is C11H18N2O5. The summed E-state index contributed by atoms with van der Waals surface area (Å²) in [6, 6.07) is -0.270. The van der Waals surface area contributed by atoms with Crippen LogP contribution < -0.4 is 0 Å². The Labute approximate surface area is 105 Å². The molecule has 0 bridgehead atoms. The first-order valence-electron chi connectivity index (χ1n) is 5.72. The number of nitrogens with zero attached hydrogens (tertiary/aromatic N) is 2. The summed E-state index contributed by atoms with van der Waals surface area (Å²) in [4.78, 5) is 36.4. The summed E-state index contributed by atoms with van der Waals surface area (Å²) < 4.78 is 4.48. The van der Waals surface area contributed by atoms with E-state index >= 15 is 0 Å². The standard InChI is InChI=1S/C11H18N2O5/c1-12(7-10(16)18-2)11(17)13-4-3-8(6-13)5-9(14)15/h8H,3-7H2,1-2H3,(H,14,15). The maximum Gasteiger partial charge on any atom is 0.325 e. The quantitative estimate of drug-likeness (QED) is 0.718. The van der Waals surface area contributed by atoms with Crippen LogP contribution in [0.25, 0.3) is 0 Å². The highest BCUT2D eigenvalue weighted by molar-refractivity contribution is 5.81. The number of hydrogen-bond acceptors (Lipinski definition) is 4. The molecule has 1 aliphatic rings. The Morgan fingerprint density at radius 2 is 2.11 bits per heavy atom. The molecule has 1 fully saturated rings. The average Bonchev–Trinajstić information content (AvgIpc) is 2.75. The normalized spacial score (nSPS) is 18.6. The van der Waals surface area contributed by atoms with E-state index in [-0.39, 0.29) is 24.9 Å². The molecule has 0 radical (unpaired) electrons. The summed E-state index contributed by atoms with van der Waals surface area (Å²) in [5, 5.41) is 8.68. The number of carboxylic acid groups (broad SMARTS) is 1. The molecule has 102 valence electrons. The van der Waals surface area contributed by atoms with Crippen LogP contribution in [0.2, 0.25) is 0 Å². The molecule has 1 unspecified atom stereocenters. The number of carbonyl (C=O) groups excluding carboxylic acids is 2. The lowest BCUT2D eigenvalue weighted by atomic mass is 10.1. The van der Waals surface area contributed by atoms with E-state index in [9.17, 15) is 14.4 Å². The van der Waals surface area contributed by atoms with Gasteiger partial charge in [-0.25, -0.2) is 4.79 Å². The molecule has 0 spiro atoms. The van der Waals surface area contributed by atoms with Gasteiger partial charge < -0.3 is 19.6 Å². The molecule has 7 nitrogen and oxygen atoms in total. The fourth-order valence-electron chi connectivity index (χ4n) is 1.99. The molecule has 0 aliphatic carbocycles. The van der Waals surface area contributed by atoms with Crippen molar-refractivity contribution in [3.63, 3.8) is 0 Å². The van der Waals surface area contributed by atoms with Crippen molar-refractivity contribution in [1.29, 1.82) is 0 Å². The van der Waals surface area contributed by atoms with Gasteiger partial charge in [0.05, 0.1) is 7.11 Å². The van der Waals surface area contributed by atoms with Gasteiger partial charge in [0.15, 0.2) is 0 Å². The molecule has 2 amide bonds. The van der Waals surface area contributed by atoms with Crippen LogP contribution in [0, 0.1) is 5.92 Å². The highest BCUT2D eigenvalue weighted by Crippen LogP contribution is 2.20. The second-order valence-corrected chi connectivity index (χ2v) is 4.41.